The van der Waals surface area contributed by atoms with Crippen molar-refractivity contribution in [2.45, 2.75) is 30.8 Å². The molecular weight excluding hydrogens is 412 g/mol. The minimum Gasteiger partial charge on any atom is -0.344 e. The second-order valence-electron chi connectivity index (χ2n) is 6.68. The van der Waals surface area contributed by atoms with Gasteiger partial charge in [0, 0.05) is 18.0 Å². The van der Waals surface area contributed by atoms with E-state index in [1.54, 1.807) is 16.7 Å². The van der Waals surface area contributed by atoms with Crippen LogP contribution in [-0.2, 0) is 23.0 Å². The Balaban J connectivity index is 1.57. The zero-order chi connectivity index (χ0) is 19.7. The van der Waals surface area contributed by atoms with Crippen LogP contribution in [0, 0.1) is 0 Å². The molecule has 0 saturated heterocycles. The van der Waals surface area contributed by atoms with Gasteiger partial charge in [-0.1, -0.05) is 30.3 Å². The van der Waals surface area contributed by atoms with Crippen LogP contribution in [0.2, 0.25) is 0 Å². The van der Waals surface area contributed by atoms with Crippen LogP contribution in [0.4, 0.5) is 0 Å². The summed E-state index contributed by atoms with van der Waals surface area (Å²) in [6.07, 6.45) is 0.677. The summed E-state index contributed by atoms with van der Waals surface area (Å²) in [6, 6.07) is 13.1. The minimum absolute atomic E-state index is 0.0905. The average Bonchev–Trinajstić information content (AvgIpc) is 3.39. The molecule has 0 saturated carbocycles. The number of hydrogen-bond acceptors (Lipinski definition) is 5. The lowest BCUT2D eigenvalue weighted by Crippen LogP contribution is -2.37. The molecule has 2 aromatic heterocycles. The molecule has 28 heavy (non-hydrogen) atoms. The van der Waals surface area contributed by atoms with Crippen LogP contribution in [0.1, 0.15) is 38.6 Å². The van der Waals surface area contributed by atoms with Gasteiger partial charge < -0.3 is 5.32 Å². The van der Waals surface area contributed by atoms with Gasteiger partial charge in [-0.3, -0.25) is 4.79 Å². The molecule has 0 fully saturated rings. The number of hydrogen-bond donors (Lipinski definition) is 1. The molecule has 1 N–H and O–H groups in total. The summed E-state index contributed by atoms with van der Waals surface area (Å²) in [7, 11) is -3.74. The molecule has 0 spiro atoms. The summed E-state index contributed by atoms with van der Waals surface area (Å²) in [6.45, 7) is 2.65. The monoisotopic (exact) mass is 432 g/mol. The Kier molecular flexibility index (Phi) is 5.37. The van der Waals surface area contributed by atoms with E-state index >= 15 is 0 Å². The van der Waals surface area contributed by atoms with E-state index in [0.29, 0.717) is 19.5 Å². The number of fused-ring (bicyclic) bond motifs is 1. The molecule has 0 radical (unpaired) electrons. The molecule has 0 aliphatic carbocycles. The van der Waals surface area contributed by atoms with E-state index in [4.69, 9.17) is 0 Å². The summed E-state index contributed by atoms with van der Waals surface area (Å²) in [4.78, 5) is 14.1. The summed E-state index contributed by atoms with van der Waals surface area (Å²) in [5.41, 5.74) is 2.20. The summed E-state index contributed by atoms with van der Waals surface area (Å²) in [5.74, 6) is -0.355. The lowest BCUT2D eigenvalue weighted by molar-refractivity contribution is 0.0941. The number of benzene rings is 1. The Morgan fingerprint density at radius 3 is 2.61 bits per heavy atom. The van der Waals surface area contributed by atoms with Gasteiger partial charge >= 0.3 is 0 Å². The molecule has 8 heteroatoms. The second kappa shape index (κ2) is 7.79. The molecule has 1 aliphatic heterocycles. The summed E-state index contributed by atoms with van der Waals surface area (Å²) >= 11 is 2.72. The SMILES string of the molecule is CC(NC(=O)c1sccc1S(=O)(=O)N1CCc2ccccc2C1)c1cccs1. The fourth-order valence-corrected chi connectivity index (χ4v) is 6.81. The maximum Gasteiger partial charge on any atom is 0.263 e. The van der Waals surface area contributed by atoms with Gasteiger partial charge in [-0.25, -0.2) is 8.42 Å². The van der Waals surface area contributed by atoms with E-state index in [1.165, 1.54) is 15.9 Å². The molecule has 146 valence electrons. The first-order valence-corrected chi connectivity index (χ1v) is 12.2. The highest BCUT2D eigenvalue weighted by Crippen LogP contribution is 2.30. The van der Waals surface area contributed by atoms with Gasteiger partial charge in [0.1, 0.15) is 9.77 Å². The molecule has 1 aliphatic rings. The normalized spacial score (nSPS) is 15.8. The van der Waals surface area contributed by atoms with Crippen LogP contribution >= 0.6 is 22.7 Å². The lowest BCUT2D eigenvalue weighted by Gasteiger charge is -2.28. The van der Waals surface area contributed by atoms with Crippen LogP contribution in [0.15, 0.2) is 58.1 Å². The standard InChI is InChI=1S/C20H20N2O3S3/c1-14(17-7-4-11-26-17)21-20(23)19-18(9-12-27-19)28(24,25)22-10-8-15-5-2-3-6-16(15)13-22/h2-7,9,11-12,14H,8,10,13H2,1H3,(H,21,23). The van der Waals surface area contributed by atoms with Crippen molar-refractivity contribution in [3.63, 3.8) is 0 Å². The first kappa shape index (κ1) is 19.3. The molecule has 1 aromatic carbocycles. The molecular formula is C20H20N2O3S3. The topological polar surface area (TPSA) is 66.5 Å². The van der Waals surface area contributed by atoms with E-state index in [1.807, 2.05) is 48.7 Å². The van der Waals surface area contributed by atoms with Crippen molar-refractivity contribution in [2.75, 3.05) is 6.54 Å². The number of rotatable bonds is 5. The number of carbonyl (C=O) groups is 1. The van der Waals surface area contributed by atoms with E-state index in [9.17, 15) is 13.2 Å². The van der Waals surface area contributed by atoms with Crippen molar-refractivity contribution in [1.82, 2.24) is 9.62 Å². The van der Waals surface area contributed by atoms with Gasteiger partial charge in [0.15, 0.2) is 0 Å². The van der Waals surface area contributed by atoms with Crippen molar-refractivity contribution in [3.05, 3.63) is 74.1 Å². The molecule has 3 heterocycles. The Hall–Kier alpha value is -2.00. The fraction of sp³-hybridized carbons (Fsp3) is 0.250. The van der Waals surface area contributed by atoms with Crippen LogP contribution in [0.3, 0.4) is 0 Å². The Bertz CT molecular complexity index is 1090. The van der Waals surface area contributed by atoms with Crippen molar-refractivity contribution in [2.24, 2.45) is 0 Å². The second-order valence-corrected chi connectivity index (χ2v) is 10.5. The Morgan fingerprint density at radius 2 is 1.86 bits per heavy atom. The number of nitrogens with zero attached hydrogens (tertiary/aromatic N) is 1. The van der Waals surface area contributed by atoms with Crippen molar-refractivity contribution in [3.8, 4) is 0 Å². The van der Waals surface area contributed by atoms with Gasteiger partial charge in [-0.2, -0.15) is 4.31 Å². The smallest absolute Gasteiger partial charge is 0.263 e. The van der Waals surface area contributed by atoms with Gasteiger partial charge in [0.25, 0.3) is 5.91 Å². The maximum absolute atomic E-state index is 13.3. The van der Waals surface area contributed by atoms with Crippen LogP contribution in [-0.4, -0.2) is 25.2 Å². The molecule has 1 amide bonds. The lowest BCUT2D eigenvalue weighted by atomic mass is 10.0. The third kappa shape index (κ3) is 3.65. The van der Waals surface area contributed by atoms with E-state index in [0.717, 1.165) is 21.8 Å². The van der Waals surface area contributed by atoms with Crippen molar-refractivity contribution < 1.29 is 13.2 Å². The van der Waals surface area contributed by atoms with Crippen LogP contribution < -0.4 is 5.32 Å². The third-order valence-electron chi connectivity index (χ3n) is 4.87. The van der Waals surface area contributed by atoms with Crippen molar-refractivity contribution >= 4 is 38.6 Å². The highest BCUT2D eigenvalue weighted by molar-refractivity contribution is 7.89. The highest BCUT2D eigenvalue weighted by atomic mass is 32.2. The van der Waals surface area contributed by atoms with E-state index < -0.39 is 10.0 Å². The first-order valence-electron chi connectivity index (χ1n) is 8.95. The van der Waals surface area contributed by atoms with Crippen molar-refractivity contribution in [1.29, 1.82) is 0 Å². The Morgan fingerprint density at radius 1 is 1.07 bits per heavy atom. The quantitative estimate of drug-likeness (QED) is 0.661. The Labute approximate surface area is 172 Å². The number of thiophene rings is 2. The summed E-state index contributed by atoms with van der Waals surface area (Å²) in [5, 5.41) is 6.53. The molecule has 1 unspecified atom stereocenters. The van der Waals surface area contributed by atoms with Gasteiger partial charge in [-0.05, 0) is 47.4 Å². The average molecular weight is 433 g/mol. The first-order chi connectivity index (χ1) is 13.5. The number of sulfonamides is 1. The molecule has 0 bridgehead atoms. The molecule has 3 aromatic rings. The fourth-order valence-electron chi connectivity index (χ4n) is 3.35. The zero-order valence-corrected chi connectivity index (χ0v) is 17.7. The predicted molar refractivity (Wildman–Crippen MR) is 112 cm³/mol. The van der Waals surface area contributed by atoms with Crippen LogP contribution in [0.25, 0.3) is 0 Å². The van der Waals surface area contributed by atoms with E-state index in [-0.39, 0.29) is 21.7 Å². The number of carbonyl (C=O) groups excluding carboxylic acids is 1. The molecule has 1 atom stereocenters. The molecule has 4 rings (SSSR count). The maximum atomic E-state index is 13.3. The van der Waals surface area contributed by atoms with Crippen LogP contribution in [0.5, 0.6) is 0 Å². The number of nitrogens with one attached hydrogen (secondary N) is 1. The van der Waals surface area contributed by atoms with E-state index in [2.05, 4.69) is 5.32 Å². The van der Waals surface area contributed by atoms with Gasteiger partial charge in [0.05, 0.1) is 6.04 Å². The summed E-state index contributed by atoms with van der Waals surface area (Å²) < 4.78 is 28.0. The largest absolute Gasteiger partial charge is 0.344 e. The number of amides is 1. The minimum atomic E-state index is -3.74. The third-order valence-corrected chi connectivity index (χ3v) is 8.85. The highest BCUT2D eigenvalue weighted by Gasteiger charge is 2.32. The van der Waals surface area contributed by atoms with Gasteiger partial charge in [-0.15, -0.1) is 22.7 Å². The van der Waals surface area contributed by atoms with Gasteiger partial charge in [0.2, 0.25) is 10.0 Å². The zero-order valence-electron chi connectivity index (χ0n) is 15.3. The predicted octanol–water partition coefficient (Wildman–Crippen LogP) is 4.05. The molecule has 5 nitrogen and oxygen atoms in total.